The molecule has 1 unspecified atom stereocenters. The summed E-state index contributed by atoms with van der Waals surface area (Å²) in [6.45, 7) is 5.97. The smallest absolute Gasteiger partial charge is 0.251 e. The lowest BCUT2D eigenvalue weighted by Crippen LogP contribution is -2.37. The molecule has 0 aliphatic carbocycles. The van der Waals surface area contributed by atoms with E-state index in [2.05, 4.69) is 5.32 Å². The summed E-state index contributed by atoms with van der Waals surface area (Å²) in [5.74, 6) is -1.98. The van der Waals surface area contributed by atoms with Crippen LogP contribution in [0.15, 0.2) is 12.1 Å². The van der Waals surface area contributed by atoms with E-state index in [-0.39, 0.29) is 11.6 Å². The highest BCUT2D eigenvalue weighted by Crippen LogP contribution is 2.18. The first-order valence-electron chi connectivity index (χ1n) is 6.46. The van der Waals surface area contributed by atoms with Crippen LogP contribution in [0.5, 0.6) is 0 Å². The number of nitrogens with two attached hydrogens (primary N) is 1. The van der Waals surface area contributed by atoms with Crippen LogP contribution in [0.3, 0.4) is 0 Å². The highest BCUT2D eigenvalue weighted by Gasteiger charge is 2.18. The molecule has 19 heavy (non-hydrogen) atoms. The predicted molar refractivity (Wildman–Crippen MR) is 71.8 cm³/mol. The Morgan fingerprint density at radius 2 is 1.74 bits per heavy atom. The molecule has 5 heteroatoms. The summed E-state index contributed by atoms with van der Waals surface area (Å²) in [7, 11) is 0. The summed E-state index contributed by atoms with van der Waals surface area (Å²) in [6, 6.07) is 1.85. The van der Waals surface area contributed by atoms with Gasteiger partial charge in [-0.05, 0) is 25.0 Å². The third-order valence-corrected chi connectivity index (χ3v) is 3.46. The summed E-state index contributed by atoms with van der Waals surface area (Å²) >= 11 is 0. The molecule has 0 bridgehead atoms. The van der Waals surface area contributed by atoms with Gasteiger partial charge in [-0.1, -0.05) is 26.7 Å². The topological polar surface area (TPSA) is 55.1 Å². The van der Waals surface area contributed by atoms with Crippen LogP contribution in [0.1, 0.15) is 44.0 Å². The Morgan fingerprint density at radius 1 is 1.26 bits per heavy atom. The Balaban J connectivity index is 2.84. The molecule has 106 valence electrons. The molecule has 0 aliphatic rings. The molecule has 1 amide bonds. The maximum absolute atomic E-state index is 13.3. The number of carbonyl (C=O) groups excluding carboxylic acids is 1. The molecular weight excluding hydrogens is 250 g/mol. The molecule has 1 atom stereocenters. The molecule has 1 aromatic carbocycles. The Labute approximate surface area is 112 Å². The highest BCUT2D eigenvalue weighted by molar-refractivity contribution is 5.94. The molecule has 0 radical (unpaired) electrons. The lowest BCUT2D eigenvalue weighted by molar-refractivity contribution is 0.0924. The van der Waals surface area contributed by atoms with Gasteiger partial charge >= 0.3 is 0 Å². The number of hydrogen-bond donors (Lipinski definition) is 2. The third-order valence-electron chi connectivity index (χ3n) is 3.46. The van der Waals surface area contributed by atoms with Gasteiger partial charge in [-0.25, -0.2) is 8.78 Å². The van der Waals surface area contributed by atoms with E-state index in [0.717, 1.165) is 25.0 Å². The van der Waals surface area contributed by atoms with E-state index in [1.165, 1.54) is 0 Å². The van der Waals surface area contributed by atoms with E-state index < -0.39 is 23.2 Å². The van der Waals surface area contributed by atoms with Crippen LogP contribution in [-0.4, -0.2) is 11.9 Å². The highest BCUT2D eigenvalue weighted by atomic mass is 19.1. The van der Waals surface area contributed by atoms with Gasteiger partial charge in [0.05, 0.1) is 0 Å². The van der Waals surface area contributed by atoms with Gasteiger partial charge in [0.1, 0.15) is 17.3 Å². The number of anilines is 1. The summed E-state index contributed by atoms with van der Waals surface area (Å²) in [5.41, 5.74) is 4.54. The van der Waals surface area contributed by atoms with Crippen molar-refractivity contribution in [3.8, 4) is 0 Å². The number of carbonyl (C=O) groups is 1. The van der Waals surface area contributed by atoms with Crippen molar-refractivity contribution in [3.05, 3.63) is 29.3 Å². The van der Waals surface area contributed by atoms with Crippen molar-refractivity contribution >= 4 is 11.6 Å². The molecule has 0 spiro atoms. The molecule has 0 aromatic heterocycles. The Hall–Kier alpha value is -1.65. The largest absolute Gasteiger partial charge is 0.394 e. The first kappa shape index (κ1) is 15.4. The average molecular weight is 270 g/mol. The van der Waals surface area contributed by atoms with E-state index in [4.69, 9.17) is 5.73 Å². The minimum Gasteiger partial charge on any atom is -0.394 e. The fourth-order valence-electron chi connectivity index (χ4n) is 2.12. The van der Waals surface area contributed by atoms with Crippen LogP contribution in [0, 0.1) is 17.6 Å². The molecule has 3 N–H and O–H groups in total. The van der Waals surface area contributed by atoms with Crippen LogP contribution in [0.25, 0.3) is 0 Å². The fourth-order valence-corrected chi connectivity index (χ4v) is 2.12. The summed E-state index contributed by atoms with van der Waals surface area (Å²) < 4.78 is 26.6. The summed E-state index contributed by atoms with van der Waals surface area (Å²) in [5, 5.41) is 2.76. The fraction of sp³-hybridized carbons (Fsp3) is 0.500. The Bertz CT molecular complexity index is 436. The van der Waals surface area contributed by atoms with E-state index in [9.17, 15) is 13.6 Å². The number of hydrogen-bond acceptors (Lipinski definition) is 2. The van der Waals surface area contributed by atoms with Gasteiger partial charge in [0.15, 0.2) is 0 Å². The minimum atomic E-state index is -0.916. The lowest BCUT2D eigenvalue weighted by atomic mass is 9.95. The zero-order chi connectivity index (χ0) is 14.6. The van der Waals surface area contributed by atoms with Crippen molar-refractivity contribution in [2.75, 3.05) is 5.73 Å². The number of nitrogen functional groups attached to an aromatic ring is 1. The SMILES string of the molecule is CCC(CC)C(C)NC(=O)c1cc(F)c(N)c(F)c1. The van der Waals surface area contributed by atoms with Gasteiger partial charge in [-0.15, -0.1) is 0 Å². The lowest BCUT2D eigenvalue weighted by Gasteiger charge is -2.22. The second-order valence-corrected chi connectivity index (χ2v) is 4.69. The number of rotatable bonds is 5. The van der Waals surface area contributed by atoms with Crippen LogP contribution >= 0.6 is 0 Å². The number of halogens is 2. The average Bonchev–Trinajstić information content (AvgIpc) is 2.36. The van der Waals surface area contributed by atoms with Gasteiger partial charge < -0.3 is 11.1 Å². The van der Waals surface area contributed by atoms with Crippen molar-refractivity contribution in [2.45, 2.75) is 39.7 Å². The molecule has 0 saturated carbocycles. The van der Waals surface area contributed by atoms with Crippen molar-refractivity contribution in [3.63, 3.8) is 0 Å². The first-order valence-corrected chi connectivity index (χ1v) is 6.46. The minimum absolute atomic E-state index is 0.0498. The van der Waals surface area contributed by atoms with Crippen LogP contribution < -0.4 is 11.1 Å². The third kappa shape index (κ3) is 3.66. The first-order chi connectivity index (χ1) is 8.90. The molecule has 1 rings (SSSR count). The van der Waals surface area contributed by atoms with Crippen LogP contribution in [-0.2, 0) is 0 Å². The summed E-state index contributed by atoms with van der Waals surface area (Å²) in [4.78, 5) is 11.9. The normalized spacial score (nSPS) is 12.5. The molecule has 0 heterocycles. The quantitative estimate of drug-likeness (QED) is 0.808. The molecular formula is C14H20F2N2O. The van der Waals surface area contributed by atoms with Crippen molar-refractivity contribution in [2.24, 2.45) is 5.92 Å². The maximum Gasteiger partial charge on any atom is 0.251 e. The van der Waals surface area contributed by atoms with Crippen LogP contribution in [0.2, 0.25) is 0 Å². The van der Waals surface area contributed by atoms with E-state index in [1.54, 1.807) is 0 Å². The molecule has 0 saturated heterocycles. The van der Waals surface area contributed by atoms with Crippen molar-refractivity contribution in [1.82, 2.24) is 5.32 Å². The molecule has 0 fully saturated rings. The van der Waals surface area contributed by atoms with Gasteiger partial charge in [-0.2, -0.15) is 0 Å². The second kappa shape index (κ2) is 6.50. The standard InChI is InChI=1S/C14H20F2N2O/c1-4-9(5-2)8(3)18-14(19)10-6-11(15)13(17)12(16)7-10/h6-9H,4-5,17H2,1-3H3,(H,18,19). The molecule has 3 nitrogen and oxygen atoms in total. The zero-order valence-corrected chi connectivity index (χ0v) is 11.5. The summed E-state index contributed by atoms with van der Waals surface area (Å²) in [6.07, 6.45) is 1.87. The van der Waals surface area contributed by atoms with E-state index >= 15 is 0 Å². The molecule has 0 aliphatic heterocycles. The van der Waals surface area contributed by atoms with Crippen LogP contribution in [0.4, 0.5) is 14.5 Å². The maximum atomic E-state index is 13.3. The molecule has 1 aromatic rings. The number of benzene rings is 1. The number of amides is 1. The van der Waals surface area contributed by atoms with Gasteiger partial charge in [0, 0.05) is 11.6 Å². The Kier molecular flexibility index (Phi) is 5.27. The van der Waals surface area contributed by atoms with Gasteiger partial charge in [-0.3, -0.25) is 4.79 Å². The van der Waals surface area contributed by atoms with Crippen molar-refractivity contribution < 1.29 is 13.6 Å². The predicted octanol–water partition coefficient (Wildman–Crippen LogP) is 3.10. The second-order valence-electron chi connectivity index (χ2n) is 4.69. The van der Waals surface area contributed by atoms with Gasteiger partial charge in [0.2, 0.25) is 0 Å². The van der Waals surface area contributed by atoms with Crippen molar-refractivity contribution in [1.29, 1.82) is 0 Å². The van der Waals surface area contributed by atoms with E-state index in [1.807, 2.05) is 20.8 Å². The van der Waals surface area contributed by atoms with Gasteiger partial charge in [0.25, 0.3) is 5.91 Å². The zero-order valence-electron chi connectivity index (χ0n) is 11.5. The number of nitrogens with one attached hydrogen (secondary N) is 1. The Morgan fingerprint density at radius 3 is 2.16 bits per heavy atom. The monoisotopic (exact) mass is 270 g/mol. The van der Waals surface area contributed by atoms with E-state index in [0.29, 0.717) is 5.92 Å².